The summed E-state index contributed by atoms with van der Waals surface area (Å²) in [7, 11) is 0. The van der Waals surface area contributed by atoms with Crippen molar-refractivity contribution in [1.29, 1.82) is 0 Å². The summed E-state index contributed by atoms with van der Waals surface area (Å²) in [5.74, 6) is -1.13. The van der Waals surface area contributed by atoms with Gasteiger partial charge in [-0.25, -0.2) is 9.78 Å². The molecule has 0 radical (unpaired) electrons. The Morgan fingerprint density at radius 2 is 2.29 bits per heavy atom. The van der Waals surface area contributed by atoms with Crippen LogP contribution in [0.1, 0.15) is 20.3 Å². The summed E-state index contributed by atoms with van der Waals surface area (Å²) in [6.45, 7) is 3.70. The summed E-state index contributed by atoms with van der Waals surface area (Å²) >= 11 is 0. The summed E-state index contributed by atoms with van der Waals surface area (Å²) in [4.78, 5) is 25.4. The highest BCUT2D eigenvalue weighted by molar-refractivity contribution is 5.77. The summed E-state index contributed by atoms with van der Waals surface area (Å²) < 4.78 is 1.07. The fraction of sp³-hybridized carbons (Fsp3) is 0.417. The number of carboxylic acid groups (broad SMARTS) is 1. The van der Waals surface area contributed by atoms with Gasteiger partial charge in [-0.05, 0) is 16.9 Å². The molecule has 2 aromatic rings. The minimum Gasteiger partial charge on any atom is -0.480 e. The van der Waals surface area contributed by atoms with Gasteiger partial charge in [0.1, 0.15) is 12.2 Å². The molecule has 2 rings (SSSR count). The first-order valence-electron chi connectivity index (χ1n) is 6.42. The number of nitrogens with zero attached hydrogens (tertiary/aromatic N) is 4. The molecule has 0 aliphatic carbocycles. The molecule has 0 fully saturated rings. The van der Waals surface area contributed by atoms with Gasteiger partial charge in [-0.1, -0.05) is 29.9 Å². The van der Waals surface area contributed by atoms with Crippen LogP contribution in [0.15, 0.2) is 18.3 Å². The third kappa shape index (κ3) is 2.91. The minimum atomic E-state index is -0.994. The highest BCUT2D eigenvalue weighted by atomic mass is 16.6. The summed E-state index contributed by atoms with van der Waals surface area (Å²) in [6, 6.07) is 2.27. The number of carboxylic acids is 1. The lowest BCUT2D eigenvalue weighted by molar-refractivity contribution is -0.391. The second-order valence-corrected chi connectivity index (χ2v) is 4.71. The van der Waals surface area contributed by atoms with Crippen molar-refractivity contribution in [3.8, 4) is 0 Å². The van der Waals surface area contributed by atoms with E-state index in [1.807, 2.05) is 13.8 Å². The molecule has 9 nitrogen and oxygen atoms in total. The smallest absolute Gasteiger partial charge is 0.368 e. The monoisotopic (exact) mass is 293 g/mol. The second-order valence-electron chi connectivity index (χ2n) is 4.71. The van der Waals surface area contributed by atoms with Gasteiger partial charge in [-0.3, -0.25) is 0 Å². The van der Waals surface area contributed by atoms with Crippen LogP contribution < -0.4 is 5.32 Å². The molecule has 0 amide bonds. The molecule has 2 aromatic heterocycles. The molecule has 0 aliphatic rings. The number of fused-ring (bicyclic) bond motifs is 1. The Balaban J connectivity index is 2.35. The lowest BCUT2D eigenvalue weighted by Gasteiger charge is -2.19. The van der Waals surface area contributed by atoms with Gasteiger partial charge in [0, 0.05) is 6.07 Å². The third-order valence-electron chi connectivity index (χ3n) is 3.31. The van der Waals surface area contributed by atoms with E-state index in [1.165, 1.54) is 6.07 Å². The predicted molar refractivity (Wildman–Crippen MR) is 74.1 cm³/mol. The topological polar surface area (TPSA) is 123 Å². The van der Waals surface area contributed by atoms with Crippen LogP contribution in [0.25, 0.3) is 5.65 Å². The van der Waals surface area contributed by atoms with Crippen molar-refractivity contribution in [3.63, 3.8) is 0 Å². The first-order valence-corrected chi connectivity index (χ1v) is 6.42. The third-order valence-corrected chi connectivity index (χ3v) is 3.31. The maximum Gasteiger partial charge on any atom is 0.368 e. The fourth-order valence-electron chi connectivity index (χ4n) is 1.91. The van der Waals surface area contributed by atoms with Crippen molar-refractivity contribution in [2.24, 2.45) is 5.92 Å². The van der Waals surface area contributed by atoms with E-state index in [0.717, 1.165) is 10.7 Å². The molecular weight excluding hydrogens is 278 g/mol. The molecule has 0 aromatic carbocycles. The molecule has 0 spiro atoms. The number of imidazole rings is 1. The van der Waals surface area contributed by atoms with Crippen molar-refractivity contribution in [3.05, 3.63) is 28.4 Å². The van der Waals surface area contributed by atoms with Gasteiger partial charge >= 0.3 is 11.8 Å². The standard InChI is InChI=1S/C12H15N5O4/c1-3-7(2)11(12(18)19)14-8-4-5-9-13-6-10(17(20)21)16(9)15-8/h4-7,11H,3H2,1-2H3,(H,14,15)(H,18,19)/t7-,11-/m0/s1. The Hall–Kier alpha value is -2.71. The van der Waals surface area contributed by atoms with Crippen LogP contribution in [-0.2, 0) is 4.79 Å². The second kappa shape index (κ2) is 5.73. The van der Waals surface area contributed by atoms with Crippen molar-refractivity contribution >= 4 is 23.3 Å². The molecule has 0 saturated heterocycles. The largest absolute Gasteiger partial charge is 0.480 e. The number of aliphatic carboxylic acids is 1. The van der Waals surface area contributed by atoms with Gasteiger partial charge in [0.15, 0.2) is 5.82 Å². The van der Waals surface area contributed by atoms with Gasteiger partial charge in [0.2, 0.25) is 5.65 Å². The first-order chi connectivity index (χ1) is 9.93. The quantitative estimate of drug-likeness (QED) is 0.611. The molecule has 2 atom stereocenters. The van der Waals surface area contributed by atoms with Gasteiger partial charge in [0.05, 0.1) is 0 Å². The van der Waals surface area contributed by atoms with Crippen molar-refractivity contribution in [1.82, 2.24) is 14.6 Å². The molecule has 0 saturated carbocycles. The van der Waals surface area contributed by atoms with Crippen molar-refractivity contribution in [2.45, 2.75) is 26.3 Å². The maximum atomic E-state index is 11.3. The minimum absolute atomic E-state index is 0.113. The van der Waals surface area contributed by atoms with Crippen LogP contribution >= 0.6 is 0 Å². The number of nitrogens with one attached hydrogen (secondary N) is 1. The van der Waals surface area contributed by atoms with E-state index in [9.17, 15) is 20.0 Å². The molecule has 21 heavy (non-hydrogen) atoms. The highest BCUT2D eigenvalue weighted by Crippen LogP contribution is 2.17. The Kier molecular flexibility index (Phi) is 4.01. The van der Waals surface area contributed by atoms with E-state index in [1.54, 1.807) is 6.07 Å². The van der Waals surface area contributed by atoms with Crippen LogP contribution in [0, 0.1) is 16.0 Å². The summed E-state index contributed by atoms with van der Waals surface area (Å²) in [5, 5.41) is 26.9. The number of rotatable bonds is 6. The lowest BCUT2D eigenvalue weighted by atomic mass is 9.99. The Labute approximate surface area is 119 Å². The molecule has 2 heterocycles. The van der Waals surface area contributed by atoms with Crippen molar-refractivity contribution in [2.75, 3.05) is 5.32 Å². The van der Waals surface area contributed by atoms with Crippen LogP contribution in [-0.4, -0.2) is 36.6 Å². The van der Waals surface area contributed by atoms with Gasteiger partial charge in [-0.2, -0.15) is 0 Å². The van der Waals surface area contributed by atoms with Gasteiger partial charge in [-0.15, -0.1) is 0 Å². The molecular formula is C12H15N5O4. The van der Waals surface area contributed by atoms with E-state index >= 15 is 0 Å². The van der Waals surface area contributed by atoms with Crippen LogP contribution in [0.5, 0.6) is 0 Å². The highest BCUT2D eigenvalue weighted by Gasteiger charge is 2.25. The van der Waals surface area contributed by atoms with Crippen molar-refractivity contribution < 1.29 is 14.8 Å². The van der Waals surface area contributed by atoms with Crippen LogP contribution in [0.3, 0.4) is 0 Å². The summed E-state index contributed by atoms with van der Waals surface area (Å²) in [5.41, 5.74) is 0.322. The van der Waals surface area contributed by atoms with Gasteiger partial charge in [0.25, 0.3) is 0 Å². The molecule has 0 bridgehead atoms. The first kappa shape index (κ1) is 14.7. The average Bonchev–Trinajstić information content (AvgIpc) is 2.86. The van der Waals surface area contributed by atoms with Crippen LogP contribution in [0.4, 0.5) is 11.6 Å². The molecule has 2 N–H and O–H groups in total. The van der Waals surface area contributed by atoms with E-state index in [-0.39, 0.29) is 17.6 Å². The Morgan fingerprint density at radius 1 is 1.57 bits per heavy atom. The fourth-order valence-corrected chi connectivity index (χ4v) is 1.91. The number of nitro groups is 1. The summed E-state index contributed by atoms with van der Waals surface area (Å²) in [6.07, 6.45) is 1.78. The molecule has 0 unspecified atom stereocenters. The molecule has 9 heteroatoms. The Bertz CT molecular complexity index is 683. The zero-order chi connectivity index (χ0) is 15.6. The Morgan fingerprint density at radius 3 is 2.86 bits per heavy atom. The molecule has 0 aliphatic heterocycles. The lowest BCUT2D eigenvalue weighted by Crippen LogP contribution is -2.35. The maximum absolute atomic E-state index is 11.3. The van der Waals surface area contributed by atoms with E-state index in [0.29, 0.717) is 12.1 Å². The van der Waals surface area contributed by atoms with Crippen LogP contribution in [0.2, 0.25) is 0 Å². The van der Waals surface area contributed by atoms with E-state index in [2.05, 4.69) is 15.4 Å². The zero-order valence-electron chi connectivity index (χ0n) is 11.6. The number of aromatic nitrogens is 3. The van der Waals surface area contributed by atoms with Gasteiger partial charge < -0.3 is 20.5 Å². The molecule has 112 valence electrons. The number of anilines is 1. The van der Waals surface area contributed by atoms with E-state index in [4.69, 9.17) is 0 Å². The number of carbonyl (C=O) groups is 1. The number of hydrogen-bond acceptors (Lipinski definition) is 6. The predicted octanol–water partition coefficient (Wildman–Crippen LogP) is 1.55. The normalized spacial score (nSPS) is 13.8. The SMILES string of the molecule is CC[C@H](C)[C@H](Nc1ccc2ncc([N+](=O)[O-])n2n1)C(=O)O. The average molecular weight is 293 g/mol. The van der Waals surface area contributed by atoms with E-state index < -0.39 is 16.9 Å². The number of hydrogen-bond donors (Lipinski definition) is 2. The zero-order valence-corrected chi connectivity index (χ0v) is 11.6.